The summed E-state index contributed by atoms with van der Waals surface area (Å²) < 4.78 is 154. The lowest BCUT2D eigenvalue weighted by molar-refractivity contribution is 0.0696. The summed E-state index contributed by atoms with van der Waals surface area (Å²) in [6, 6.07) is 92.6. The summed E-state index contributed by atoms with van der Waals surface area (Å²) >= 11 is 5.90. The summed E-state index contributed by atoms with van der Waals surface area (Å²) in [4.78, 5) is 30.4. The molecule has 0 spiro atoms. The number of aromatic carboxylic acids is 1. The average molecular weight is 1720 g/mol. The van der Waals surface area contributed by atoms with Crippen LogP contribution >= 0.6 is 11.6 Å². The number of rotatable bonds is 25. The molecule has 0 aliphatic carbocycles. The summed E-state index contributed by atoms with van der Waals surface area (Å²) in [5.41, 5.74) is 9.10. The number of hydrogen-bond donors (Lipinski definition) is 1. The minimum absolute atomic E-state index is 0.0354. The van der Waals surface area contributed by atoms with Gasteiger partial charge in [-0.2, -0.15) is 0 Å². The molecular formula is C93H74ClFN4O18S4. The number of hydrogen-bond acceptors (Lipinski definition) is 21. The van der Waals surface area contributed by atoms with Gasteiger partial charge in [-0.05, 0) is 182 Å². The van der Waals surface area contributed by atoms with Crippen LogP contribution in [0.3, 0.4) is 0 Å². The number of sulfone groups is 4. The largest absolute Gasteiger partial charge is 0.484 e. The molecule has 16 rings (SSSR count). The number of carbonyl (C=O) groups is 1. The first kappa shape index (κ1) is 85.1. The van der Waals surface area contributed by atoms with Crippen molar-refractivity contribution < 1.29 is 84.6 Å². The van der Waals surface area contributed by atoms with Crippen LogP contribution in [0.15, 0.2) is 359 Å². The molecule has 121 heavy (non-hydrogen) atoms. The van der Waals surface area contributed by atoms with Gasteiger partial charge in [-0.25, -0.2) is 62.8 Å². The molecule has 4 heterocycles. The molecule has 16 aromatic rings. The van der Waals surface area contributed by atoms with Crippen molar-refractivity contribution in [2.45, 2.75) is 46.0 Å². The second-order valence-corrected chi connectivity index (χ2v) is 35.5. The predicted octanol–water partition coefficient (Wildman–Crippen LogP) is 20.5. The van der Waals surface area contributed by atoms with Crippen molar-refractivity contribution in [1.82, 2.24) is 19.9 Å². The van der Waals surface area contributed by atoms with Crippen LogP contribution < -0.4 is 18.9 Å². The molecule has 22 nitrogen and oxygen atoms in total. The minimum atomic E-state index is -3.31. The Hall–Kier alpha value is -13.8. The van der Waals surface area contributed by atoms with Crippen LogP contribution in [0.2, 0.25) is 5.02 Å². The van der Waals surface area contributed by atoms with Crippen molar-refractivity contribution in [3.8, 4) is 113 Å². The van der Waals surface area contributed by atoms with Crippen LogP contribution in [0.25, 0.3) is 90.3 Å². The number of nitrogens with zero attached hydrogens (tertiary/aromatic N) is 4. The van der Waals surface area contributed by atoms with E-state index in [0.717, 1.165) is 51.6 Å². The Labute approximate surface area is 702 Å². The lowest BCUT2D eigenvalue weighted by atomic mass is 10.1. The summed E-state index contributed by atoms with van der Waals surface area (Å²) in [5, 5.41) is 9.63. The maximum atomic E-state index is 13.1. The minimum Gasteiger partial charge on any atom is -0.484 e. The first-order valence-electron chi connectivity index (χ1n) is 36.9. The van der Waals surface area contributed by atoms with Crippen molar-refractivity contribution >= 4 is 56.9 Å². The zero-order chi connectivity index (χ0) is 85.3. The van der Waals surface area contributed by atoms with Gasteiger partial charge in [0.25, 0.3) is 0 Å². The smallest absolute Gasteiger partial charge is 0.335 e. The second-order valence-electron chi connectivity index (χ2n) is 27.0. The molecule has 28 heteroatoms. The molecule has 0 radical (unpaired) electrons. The molecule has 612 valence electrons. The van der Waals surface area contributed by atoms with Gasteiger partial charge in [0, 0.05) is 74.6 Å². The van der Waals surface area contributed by atoms with E-state index in [0.29, 0.717) is 103 Å². The van der Waals surface area contributed by atoms with E-state index in [9.17, 15) is 42.9 Å². The van der Waals surface area contributed by atoms with E-state index in [1.807, 2.05) is 152 Å². The first-order valence-corrected chi connectivity index (χ1v) is 44.9. The zero-order valence-electron chi connectivity index (χ0n) is 65.0. The third-order valence-electron chi connectivity index (χ3n) is 18.0. The van der Waals surface area contributed by atoms with Gasteiger partial charge in [0.1, 0.15) is 51.6 Å². The molecule has 0 atom stereocenters. The van der Waals surface area contributed by atoms with Crippen molar-refractivity contribution in [2.75, 3.05) is 25.0 Å². The lowest BCUT2D eigenvalue weighted by Crippen LogP contribution is -1.98. The summed E-state index contributed by atoms with van der Waals surface area (Å²) in [6.45, 7) is 0.425. The van der Waals surface area contributed by atoms with Gasteiger partial charge < -0.3 is 41.7 Å². The highest BCUT2D eigenvalue weighted by molar-refractivity contribution is 7.91. The Morgan fingerprint density at radius 2 is 0.512 bits per heavy atom. The molecule has 0 fully saturated rings. The van der Waals surface area contributed by atoms with Crippen LogP contribution in [0.4, 0.5) is 4.39 Å². The molecule has 0 bridgehead atoms. The number of carboxylic acid groups (broad SMARTS) is 1. The number of halogens is 2. The van der Waals surface area contributed by atoms with Crippen molar-refractivity contribution in [3.05, 3.63) is 361 Å². The molecule has 12 aromatic carbocycles. The molecule has 0 aliphatic heterocycles. The summed E-state index contributed by atoms with van der Waals surface area (Å²) in [5.74, 6) is 4.66. The molecule has 0 saturated heterocycles. The van der Waals surface area contributed by atoms with E-state index in [1.165, 1.54) is 73.2 Å². The predicted molar refractivity (Wildman–Crippen MR) is 457 cm³/mol. The monoisotopic (exact) mass is 1720 g/mol. The van der Waals surface area contributed by atoms with Crippen LogP contribution in [0, 0.1) is 5.82 Å². The van der Waals surface area contributed by atoms with E-state index in [1.54, 1.807) is 109 Å². The third kappa shape index (κ3) is 22.9. The maximum absolute atomic E-state index is 13.1. The molecule has 1 N–H and O–H groups in total. The molecule has 0 amide bonds. The topological polar surface area (TPSA) is 315 Å². The van der Waals surface area contributed by atoms with Gasteiger partial charge in [0.05, 0.1) is 25.1 Å². The fourth-order valence-electron chi connectivity index (χ4n) is 11.9. The van der Waals surface area contributed by atoms with Gasteiger partial charge in [-0.15, -0.1) is 0 Å². The number of aromatic nitrogens is 4. The number of ether oxygens (including phenoxy) is 4. The highest BCUT2D eigenvalue weighted by Crippen LogP contribution is 2.39. The summed E-state index contributed by atoms with van der Waals surface area (Å²) in [6.07, 6.45) is 4.68. The Balaban J connectivity index is 0.000000139. The first-order chi connectivity index (χ1) is 58.1. The Morgan fingerprint density at radius 1 is 0.298 bits per heavy atom. The third-order valence-corrected chi connectivity index (χ3v) is 22.7. The van der Waals surface area contributed by atoms with Gasteiger partial charge in [0.15, 0.2) is 88.8 Å². The van der Waals surface area contributed by atoms with Crippen LogP contribution in [0.1, 0.15) is 33.9 Å². The number of oxazole rings is 4. The van der Waals surface area contributed by atoms with Gasteiger partial charge in [-0.3, -0.25) is 0 Å². The Bertz CT molecular complexity index is 6470. The number of para-hydroxylation sites is 1. The SMILES string of the molecule is CS(=O)(=O)c1ccc(-c2oc(COc3ccc(C(=O)O)cc3)nc2-c2ccccc2)cc1.CS(=O)(=O)c1ccc(-c2oc(COc3ccc(Cl)cc3)nc2-c2ccccc2)cc1.CS(=O)(=O)c1ccc(-c2oc(COc3ccc(F)cc3)nc2-c2ccccc2)cc1.CS(=O)(=O)c1ccc(-c2oc(COc3ccccc3)nc2-c2ccccc2)cc1. The van der Waals surface area contributed by atoms with Crippen LogP contribution in [-0.2, 0) is 65.8 Å². The number of carboxylic acids is 1. The second kappa shape index (κ2) is 38.3. The standard InChI is InChI=1S/C24H19NO6S.C23H18ClNO4S.C23H18FNO4S.C23H19NO4S/c1-32(28,29)20-13-9-17(10-14-20)23-22(16-5-3-2-4-6-16)25-21(31-23)15-30-19-11-7-18(8-12-19)24(26)27;2*1-30(26,27)20-13-7-17(8-14-20)23-22(16-5-3-2-4-6-16)25-21(29-23)15-28-19-11-9-18(24)10-12-19;1-29(25,26)20-14-12-18(13-15-20)23-22(17-8-4-2-5-9-17)24-21(28-23)16-27-19-10-6-3-7-11-19/h2-14H,15H2,1H3,(H,26,27);2*2-14H,15H2,1H3;2-15H,16H2,1H3. The molecular weight excluding hydrogens is 1640 g/mol. The van der Waals surface area contributed by atoms with Gasteiger partial charge in [-0.1, -0.05) is 151 Å². The Kier molecular flexibility index (Phi) is 26.9. The maximum Gasteiger partial charge on any atom is 0.335 e. The molecule has 0 aliphatic rings. The van der Waals surface area contributed by atoms with Crippen LogP contribution in [0.5, 0.6) is 23.0 Å². The summed E-state index contributed by atoms with van der Waals surface area (Å²) in [7, 11) is -13.1. The van der Waals surface area contributed by atoms with Crippen molar-refractivity contribution in [1.29, 1.82) is 0 Å². The highest BCUT2D eigenvalue weighted by Gasteiger charge is 2.24. The fraction of sp³-hybridized carbons (Fsp3) is 0.0860. The van der Waals surface area contributed by atoms with Crippen molar-refractivity contribution in [2.24, 2.45) is 0 Å². The normalized spacial score (nSPS) is 11.4. The zero-order valence-corrected chi connectivity index (χ0v) is 69.0. The van der Waals surface area contributed by atoms with Crippen LogP contribution in [-0.4, -0.2) is 89.7 Å². The molecule has 4 aromatic heterocycles. The van der Waals surface area contributed by atoms with Crippen molar-refractivity contribution in [3.63, 3.8) is 0 Å². The molecule has 0 saturated carbocycles. The quantitative estimate of drug-likeness (QED) is 0.0555. The molecule has 0 unspecified atom stereocenters. The number of benzene rings is 12. The van der Waals surface area contributed by atoms with E-state index in [-0.39, 0.29) is 57.4 Å². The fourth-order valence-corrected chi connectivity index (χ4v) is 14.6. The van der Waals surface area contributed by atoms with E-state index in [4.69, 9.17) is 53.3 Å². The van der Waals surface area contributed by atoms with E-state index >= 15 is 0 Å². The lowest BCUT2D eigenvalue weighted by Gasteiger charge is -2.04. The van der Waals surface area contributed by atoms with E-state index < -0.39 is 45.3 Å². The Morgan fingerprint density at radius 3 is 0.744 bits per heavy atom. The van der Waals surface area contributed by atoms with E-state index in [2.05, 4.69) is 19.9 Å². The highest BCUT2D eigenvalue weighted by atomic mass is 35.5. The van der Waals surface area contributed by atoms with Gasteiger partial charge >= 0.3 is 5.97 Å². The van der Waals surface area contributed by atoms with Gasteiger partial charge in [0.2, 0.25) is 23.6 Å². The average Bonchev–Trinajstić information content (AvgIpc) is 1.72.